The molecule has 1 N–H and O–H groups in total. The third kappa shape index (κ3) is 4.17. The van der Waals surface area contributed by atoms with Crippen LogP contribution in [0.4, 0.5) is 0 Å². The predicted molar refractivity (Wildman–Crippen MR) is 95.7 cm³/mol. The Bertz CT molecular complexity index is 757. The zero-order chi connectivity index (χ0) is 17.8. The zero-order valence-electron chi connectivity index (χ0n) is 14.8. The van der Waals surface area contributed by atoms with Crippen LogP contribution in [-0.4, -0.2) is 64.2 Å². The molecule has 0 saturated carbocycles. The maximum absolute atomic E-state index is 12.1. The van der Waals surface area contributed by atoms with Crippen molar-refractivity contribution < 1.29 is 4.79 Å². The van der Waals surface area contributed by atoms with Crippen LogP contribution in [0.5, 0.6) is 0 Å². The first-order chi connectivity index (χ1) is 12.0. The van der Waals surface area contributed by atoms with Gasteiger partial charge in [0.1, 0.15) is 5.82 Å². The first kappa shape index (κ1) is 17.4. The summed E-state index contributed by atoms with van der Waals surface area (Å²) in [7, 11) is 3.82. The van der Waals surface area contributed by atoms with E-state index in [1.807, 2.05) is 54.2 Å². The maximum Gasteiger partial charge on any atom is 0.347 e. The van der Waals surface area contributed by atoms with Gasteiger partial charge in [-0.2, -0.15) is 5.10 Å². The van der Waals surface area contributed by atoms with E-state index in [9.17, 15) is 9.59 Å². The van der Waals surface area contributed by atoms with Crippen LogP contribution < -0.4 is 5.69 Å². The molecule has 1 aromatic carbocycles. The van der Waals surface area contributed by atoms with E-state index in [0.717, 1.165) is 43.9 Å². The van der Waals surface area contributed by atoms with Gasteiger partial charge in [0, 0.05) is 19.5 Å². The van der Waals surface area contributed by atoms with E-state index < -0.39 is 0 Å². The van der Waals surface area contributed by atoms with Crippen molar-refractivity contribution in [1.82, 2.24) is 24.6 Å². The number of para-hydroxylation sites is 1. The minimum absolute atomic E-state index is 0.185. The van der Waals surface area contributed by atoms with Gasteiger partial charge >= 0.3 is 5.69 Å². The third-order valence-electron chi connectivity index (χ3n) is 4.65. The molecule has 2 heterocycles. The molecule has 0 unspecified atom stereocenters. The van der Waals surface area contributed by atoms with Gasteiger partial charge < -0.3 is 9.80 Å². The summed E-state index contributed by atoms with van der Waals surface area (Å²) in [6.45, 7) is 2.01. The molecule has 0 spiro atoms. The van der Waals surface area contributed by atoms with Crippen molar-refractivity contribution in [2.45, 2.75) is 19.3 Å². The van der Waals surface area contributed by atoms with E-state index >= 15 is 0 Å². The van der Waals surface area contributed by atoms with Gasteiger partial charge in [0.05, 0.1) is 12.2 Å². The molecule has 0 radical (unpaired) electrons. The normalized spacial score (nSPS) is 15.7. The molecule has 2 aromatic rings. The Morgan fingerprint density at radius 3 is 2.56 bits per heavy atom. The first-order valence-electron chi connectivity index (χ1n) is 8.69. The van der Waals surface area contributed by atoms with Crippen molar-refractivity contribution in [3.05, 3.63) is 46.6 Å². The number of likely N-dealkylation sites (tertiary alicyclic amines) is 1. The molecule has 7 nitrogen and oxygen atoms in total. The van der Waals surface area contributed by atoms with Crippen LogP contribution in [-0.2, 0) is 11.2 Å². The molecule has 1 saturated heterocycles. The van der Waals surface area contributed by atoms with E-state index in [0.29, 0.717) is 12.5 Å². The Balaban J connectivity index is 1.64. The Morgan fingerprint density at radius 2 is 1.92 bits per heavy atom. The number of amides is 1. The second-order valence-corrected chi connectivity index (χ2v) is 6.88. The average Bonchev–Trinajstić information content (AvgIpc) is 2.96. The topological polar surface area (TPSA) is 74.2 Å². The number of aromatic nitrogens is 3. The average molecular weight is 343 g/mol. The smallest absolute Gasteiger partial charge is 0.342 e. The van der Waals surface area contributed by atoms with Gasteiger partial charge in [-0.3, -0.25) is 4.79 Å². The minimum Gasteiger partial charge on any atom is -0.342 e. The number of hydrogen-bond acceptors (Lipinski definition) is 4. The number of carbonyl (C=O) groups is 1. The van der Waals surface area contributed by atoms with E-state index in [2.05, 4.69) is 10.2 Å². The summed E-state index contributed by atoms with van der Waals surface area (Å²) in [5.41, 5.74) is 0.620. The van der Waals surface area contributed by atoms with Gasteiger partial charge in [-0.15, -0.1) is 0 Å². The molecule has 1 amide bonds. The van der Waals surface area contributed by atoms with Crippen molar-refractivity contribution in [1.29, 1.82) is 0 Å². The molecular weight excluding hydrogens is 318 g/mol. The van der Waals surface area contributed by atoms with Crippen molar-refractivity contribution >= 4 is 5.91 Å². The van der Waals surface area contributed by atoms with Gasteiger partial charge in [-0.25, -0.2) is 14.5 Å². The third-order valence-corrected chi connectivity index (χ3v) is 4.65. The maximum atomic E-state index is 12.1. The molecule has 1 aliphatic rings. The number of carbonyl (C=O) groups excluding carboxylic acids is 1. The number of hydrogen-bond donors (Lipinski definition) is 1. The quantitative estimate of drug-likeness (QED) is 0.875. The van der Waals surface area contributed by atoms with Gasteiger partial charge in [0.15, 0.2) is 0 Å². The fourth-order valence-electron chi connectivity index (χ4n) is 3.33. The molecule has 0 aliphatic carbocycles. The van der Waals surface area contributed by atoms with Gasteiger partial charge in [-0.1, -0.05) is 18.2 Å². The second-order valence-electron chi connectivity index (χ2n) is 6.88. The Morgan fingerprint density at radius 1 is 1.24 bits per heavy atom. The molecule has 1 fully saturated rings. The number of likely N-dealkylation sites (N-methyl/N-ethyl adjacent to an activating group) is 1. The highest BCUT2D eigenvalue weighted by molar-refractivity contribution is 5.78. The second kappa shape index (κ2) is 7.65. The van der Waals surface area contributed by atoms with Crippen LogP contribution in [0.1, 0.15) is 18.7 Å². The molecule has 0 atom stereocenters. The summed E-state index contributed by atoms with van der Waals surface area (Å²) in [5, 5.41) is 6.78. The highest BCUT2D eigenvalue weighted by Gasteiger charge is 2.25. The Kier molecular flexibility index (Phi) is 5.33. The van der Waals surface area contributed by atoms with Crippen LogP contribution in [0.3, 0.4) is 0 Å². The molecule has 25 heavy (non-hydrogen) atoms. The van der Waals surface area contributed by atoms with Crippen molar-refractivity contribution in [3.63, 3.8) is 0 Å². The lowest BCUT2D eigenvalue weighted by atomic mass is 9.93. The van der Waals surface area contributed by atoms with E-state index in [4.69, 9.17) is 0 Å². The standard InChI is InChI=1S/C18H25N5O2/c1-21(2)13-17(24)22-10-8-14(9-11-22)12-16-19-20-18(25)23(16)15-6-4-3-5-7-15/h3-7,14H,8-13H2,1-2H3,(H,20,25). The van der Waals surface area contributed by atoms with E-state index in [1.165, 1.54) is 0 Å². The fourth-order valence-corrected chi connectivity index (χ4v) is 3.33. The number of aromatic amines is 1. The Labute approximate surface area is 147 Å². The largest absolute Gasteiger partial charge is 0.347 e. The summed E-state index contributed by atoms with van der Waals surface area (Å²) in [4.78, 5) is 28.1. The first-order valence-corrected chi connectivity index (χ1v) is 8.69. The number of piperidine rings is 1. The summed E-state index contributed by atoms with van der Waals surface area (Å²) < 4.78 is 1.64. The fraction of sp³-hybridized carbons (Fsp3) is 0.500. The van der Waals surface area contributed by atoms with Gasteiger partial charge in [0.25, 0.3) is 0 Å². The number of nitrogens with zero attached hydrogens (tertiary/aromatic N) is 4. The molecule has 1 aromatic heterocycles. The molecule has 134 valence electrons. The molecule has 3 rings (SSSR count). The molecular formula is C18H25N5O2. The van der Waals surface area contributed by atoms with Crippen LogP contribution in [0.25, 0.3) is 5.69 Å². The van der Waals surface area contributed by atoms with Crippen molar-refractivity contribution in [3.8, 4) is 5.69 Å². The van der Waals surface area contributed by atoms with Crippen LogP contribution in [0, 0.1) is 5.92 Å². The number of H-pyrrole nitrogens is 1. The monoisotopic (exact) mass is 343 g/mol. The Hall–Kier alpha value is -2.41. The summed E-state index contributed by atoms with van der Waals surface area (Å²) in [5.74, 6) is 1.37. The van der Waals surface area contributed by atoms with Crippen molar-refractivity contribution in [2.24, 2.45) is 5.92 Å². The summed E-state index contributed by atoms with van der Waals surface area (Å²) in [6.07, 6.45) is 2.62. The summed E-state index contributed by atoms with van der Waals surface area (Å²) in [6, 6.07) is 9.56. The SMILES string of the molecule is CN(C)CC(=O)N1CCC(Cc2n[nH]c(=O)n2-c2ccccc2)CC1. The number of nitrogens with one attached hydrogen (secondary N) is 1. The van der Waals surface area contributed by atoms with Crippen LogP contribution >= 0.6 is 0 Å². The van der Waals surface area contributed by atoms with E-state index in [-0.39, 0.29) is 11.6 Å². The lowest BCUT2D eigenvalue weighted by Gasteiger charge is -2.32. The van der Waals surface area contributed by atoms with Gasteiger partial charge in [0.2, 0.25) is 5.91 Å². The molecule has 7 heteroatoms. The molecule has 1 aliphatic heterocycles. The van der Waals surface area contributed by atoms with E-state index in [1.54, 1.807) is 4.57 Å². The zero-order valence-corrected chi connectivity index (χ0v) is 14.8. The summed E-state index contributed by atoms with van der Waals surface area (Å²) >= 11 is 0. The van der Waals surface area contributed by atoms with Crippen LogP contribution in [0.15, 0.2) is 35.1 Å². The lowest BCUT2D eigenvalue weighted by Crippen LogP contribution is -2.43. The lowest BCUT2D eigenvalue weighted by molar-refractivity contribution is -0.133. The van der Waals surface area contributed by atoms with Gasteiger partial charge in [-0.05, 0) is 45.0 Å². The highest BCUT2D eigenvalue weighted by atomic mass is 16.2. The number of rotatable bonds is 5. The number of benzene rings is 1. The van der Waals surface area contributed by atoms with Crippen molar-refractivity contribution in [2.75, 3.05) is 33.7 Å². The molecule has 0 bridgehead atoms. The van der Waals surface area contributed by atoms with Crippen LogP contribution in [0.2, 0.25) is 0 Å². The highest BCUT2D eigenvalue weighted by Crippen LogP contribution is 2.21. The minimum atomic E-state index is -0.209. The predicted octanol–water partition coefficient (Wildman–Crippen LogP) is 0.903.